The molecule has 12 heteroatoms. The zero-order valence-electron chi connectivity index (χ0n) is 27.6. The van der Waals surface area contributed by atoms with Crippen LogP contribution in [0.1, 0.15) is 51.0 Å². The minimum absolute atomic E-state index is 0.256. The van der Waals surface area contributed by atoms with Crippen LogP contribution in [0.4, 0.5) is 21.0 Å². The van der Waals surface area contributed by atoms with Crippen LogP contribution in [0.2, 0.25) is 25.7 Å². The van der Waals surface area contributed by atoms with Gasteiger partial charge in [0.05, 0.1) is 25.5 Å². The lowest BCUT2D eigenvalue weighted by Gasteiger charge is -2.24. The van der Waals surface area contributed by atoms with Crippen molar-refractivity contribution in [3.8, 4) is 11.3 Å². The molecule has 0 aliphatic heterocycles. The fraction of sp³-hybridized carbons (Fsp3) is 0.485. The van der Waals surface area contributed by atoms with Crippen molar-refractivity contribution in [3.05, 3.63) is 66.1 Å². The maximum absolute atomic E-state index is 13.0. The van der Waals surface area contributed by atoms with Crippen LogP contribution in [0.15, 0.2) is 54.7 Å². The zero-order chi connectivity index (χ0) is 33.0. The molecule has 0 spiro atoms. The number of carbonyl (C=O) groups is 2. The van der Waals surface area contributed by atoms with Gasteiger partial charge in [0.25, 0.3) is 0 Å². The number of hydrogen-bond acceptors (Lipinski definition) is 8. The van der Waals surface area contributed by atoms with Crippen molar-refractivity contribution in [2.45, 2.75) is 84.3 Å². The number of rotatable bonds is 15. The summed E-state index contributed by atoms with van der Waals surface area (Å²) in [6, 6.07) is 15.7. The van der Waals surface area contributed by atoms with Gasteiger partial charge in [0, 0.05) is 44.4 Å². The van der Waals surface area contributed by atoms with E-state index in [0.29, 0.717) is 61.1 Å². The molecular weight excluding hydrogens is 590 g/mol. The molecule has 0 bridgehead atoms. The SMILES string of the molecule is COC(=O)Nc1ccc(-c2cn(COCC[Si](C)(C)C)c([C@H](CCCOCc3ccccc3)NC(=O)OC(C)(C)C)n2)c(N)c1. The summed E-state index contributed by atoms with van der Waals surface area (Å²) >= 11 is 0. The highest BCUT2D eigenvalue weighted by Gasteiger charge is 2.25. The van der Waals surface area contributed by atoms with E-state index < -0.39 is 31.9 Å². The highest BCUT2D eigenvalue weighted by molar-refractivity contribution is 6.76. The fourth-order valence-electron chi connectivity index (χ4n) is 4.39. The summed E-state index contributed by atoms with van der Waals surface area (Å²) in [4.78, 5) is 29.6. The van der Waals surface area contributed by atoms with Crippen molar-refractivity contribution >= 4 is 31.6 Å². The average molecular weight is 640 g/mol. The van der Waals surface area contributed by atoms with Crippen molar-refractivity contribution in [1.29, 1.82) is 0 Å². The first-order chi connectivity index (χ1) is 21.2. The molecule has 1 aromatic heterocycles. The second-order valence-electron chi connectivity index (χ2n) is 13.1. The Morgan fingerprint density at radius 2 is 1.76 bits per heavy atom. The molecule has 0 aliphatic rings. The number of nitrogens with two attached hydrogens (primary N) is 1. The minimum Gasteiger partial charge on any atom is -0.453 e. The van der Waals surface area contributed by atoms with Crippen LogP contribution in [0, 0.1) is 0 Å². The van der Waals surface area contributed by atoms with Crippen LogP contribution in [-0.2, 0) is 32.3 Å². The van der Waals surface area contributed by atoms with Gasteiger partial charge >= 0.3 is 12.2 Å². The number of anilines is 2. The molecular formula is C33H49N5O6Si. The Morgan fingerprint density at radius 3 is 2.40 bits per heavy atom. The summed E-state index contributed by atoms with van der Waals surface area (Å²) in [5.41, 5.74) is 9.05. The Bertz CT molecular complexity index is 1380. The molecule has 0 radical (unpaired) electrons. The maximum Gasteiger partial charge on any atom is 0.411 e. The standard InChI is InChI=1S/C33H49N5O6Si/c1-33(2,3)44-32(40)37-28(14-11-17-42-22-24-12-9-8-10-13-24)30-36-29(21-38(30)23-43-18-19-45(5,6)7)26-16-15-25(20-27(26)34)35-31(39)41-4/h8-10,12-13,15-16,20-21,28H,11,14,17-19,22-23,34H2,1-7H3,(H,35,39)(H,37,40)/t28-/m0/s1. The lowest BCUT2D eigenvalue weighted by Crippen LogP contribution is -2.36. The number of carbonyl (C=O) groups excluding carboxylic acids is 2. The van der Waals surface area contributed by atoms with Crippen LogP contribution in [0.3, 0.4) is 0 Å². The summed E-state index contributed by atoms with van der Waals surface area (Å²) in [5.74, 6) is 0.614. The third-order valence-corrected chi connectivity index (χ3v) is 8.39. The number of methoxy groups -OCH3 is 1. The van der Waals surface area contributed by atoms with Crippen molar-refractivity contribution in [3.63, 3.8) is 0 Å². The van der Waals surface area contributed by atoms with Crippen LogP contribution >= 0.6 is 0 Å². The first-order valence-electron chi connectivity index (χ1n) is 15.2. The Labute approximate surface area is 267 Å². The number of ether oxygens (including phenoxy) is 4. The van der Waals surface area contributed by atoms with E-state index in [-0.39, 0.29) is 6.73 Å². The van der Waals surface area contributed by atoms with E-state index in [2.05, 4.69) is 35.0 Å². The third-order valence-electron chi connectivity index (χ3n) is 6.69. The summed E-state index contributed by atoms with van der Waals surface area (Å²) in [6.45, 7) is 14.3. The normalized spacial score (nSPS) is 12.4. The van der Waals surface area contributed by atoms with Gasteiger partial charge in [0.15, 0.2) is 0 Å². The average Bonchev–Trinajstić information content (AvgIpc) is 3.37. The van der Waals surface area contributed by atoms with Crippen LogP contribution in [0.5, 0.6) is 0 Å². The number of nitrogens with one attached hydrogen (secondary N) is 2. The molecule has 2 amide bonds. The van der Waals surface area contributed by atoms with Gasteiger partial charge in [-0.25, -0.2) is 14.6 Å². The molecule has 0 aliphatic carbocycles. The first-order valence-corrected chi connectivity index (χ1v) is 19.0. The summed E-state index contributed by atoms with van der Waals surface area (Å²) in [5, 5.41) is 5.65. The van der Waals surface area contributed by atoms with Gasteiger partial charge in [0.1, 0.15) is 18.2 Å². The van der Waals surface area contributed by atoms with E-state index in [4.69, 9.17) is 24.9 Å². The number of benzene rings is 2. The summed E-state index contributed by atoms with van der Waals surface area (Å²) < 4.78 is 24.2. The van der Waals surface area contributed by atoms with Gasteiger partial charge in [-0.05, 0) is 63.4 Å². The van der Waals surface area contributed by atoms with Gasteiger partial charge in [-0.1, -0.05) is 50.0 Å². The molecule has 0 saturated carbocycles. The van der Waals surface area contributed by atoms with E-state index in [1.54, 1.807) is 18.2 Å². The van der Waals surface area contributed by atoms with Gasteiger partial charge < -0.3 is 34.6 Å². The van der Waals surface area contributed by atoms with E-state index in [0.717, 1.165) is 11.6 Å². The predicted molar refractivity (Wildman–Crippen MR) is 180 cm³/mol. The van der Waals surface area contributed by atoms with E-state index in [1.807, 2.05) is 61.9 Å². The quantitative estimate of drug-likeness (QED) is 0.0903. The molecule has 0 unspecified atom stereocenters. The van der Waals surface area contributed by atoms with Crippen LogP contribution < -0.4 is 16.4 Å². The van der Waals surface area contributed by atoms with Crippen LogP contribution in [0.25, 0.3) is 11.3 Å². The topological polar surface area (TPSA) is 139 Å². The Morgan fingerprint density at radius 1 is 1.02 bits per heavy atom. The van der Waals surface area contributed by atoms with Gasteiger partial charge in [-0.2, -0.15) is 0 Å². The van der Waals surface area contributed by atoms with Crippen molar-refractivity contribution in [1.82, 2.24) is 14.9 Å². The molecule has 3 rings (SSSR count). The van der Waals surface area contributed by atoms with Gasteiger partial charge in [0.2, 0.25) is 0 Å². The number of nitrogen functional groups attached to an aromatic ring is 1. The molecule has 1 heterocycles. The number of nitrogens with zero attached hydrogens (tertiary/aromatic N) is 2. The van der Waals surface area contributed by atoms with Crippen molar-refractivity contribution < 1.29 is 28.5 Å². The second-order valence-corrected chi connectivity index (χ2v) is 18.7. The molecule has 4 N–H and O–H groups in total. The Kier molecular flexibility index (Phi) is 13.0. The molecule has 0 saturated heterocycles. The van der Waals surface area contributed by atoms with Gasteiger partial charge in [-0.3, -0.25) is 5.32 Å². The molecule has 0 fully saturated rings. The third kappa shape index (κ3) is 12.6. The van der Waals surface area contributed by atoms with E-state index >= 15 is 0 Å². The smallest absolute Gasteiger partial charge is 0.411 e. The van der Waals surface area contributed by atoms with E-state index in [1.165, 1.54) is 7.11 Å². The number of amides is 2. The monoisotopic (exact) mass is 639 g/mol. The molecule has 3 aromatic rings. The van der Waals surface area contributed by atoms with E-state index in [9.17, 15) is 9.59 Å². The molecule has 246 valence electrons. The number of aromatic nitrogens is 2. The fourth-order valence-corrected chi connectivity index (χ4v) is 5.15. The Balaban J connectivity index is 1.87. The Hall–Kier alpha value is -3.87. The predicted octanol–water partition coefficient (Wildman–Crippen LogP) is 7.19. The lowest BCUT2D eigenvalue weighted by atomic mass is 10.1. The second kappa shape index (κ2) is 16.4. The summed E-state index contributed by atoms with van der Waals surface area (Å²) in [7, 11) is 0.00243. The number of alkyl carbamates (subject to hydrolysis) is 1. The maximum atomic E-state index is 13.0. The lowest BCUT2D eigenvalue weighted by molar-refractivity contribution is 0.0481. The highest BCUT2D eigenvalue weighted by atomic mass is 28.3. The zero-order valence-corrected chi connectivity index (χ0v) is 28.6. The molecule has 45 heavy (non-hydrogen) atoms. The van der Waals surface area contributed by atoms with Gasteiger partial charge in [-0.15, -0.1) is 0 Å². The molecule has 11 nitrogen and oxygen atoms in total. The van der Waals surface area contributed by atoms with Crippen molar-refractivity contribution in [2.75, 3.05) is 31.4 Å². The number of hydrogen-bond donors (Lipinski definition) is 3. The molecule has 2 aromatic carbocycles. The van der Waals surface area contributed by atoms with Crippen molar-refractivity contribution in [2.24, 2.45) is 0 Å². The summed E-state index contributed by atoms with van der Waals surface area (Å²) in [6.07, 6.45) is 1.97. The number of imidazole rings is 1. The minimum atomic E-state index is -1.29. The molecule has 1 atom stereocenters. The first kappa shape index (κ1) is 35.6. The largest absolute Gasteiger partial charge is 0.453 e. The van der Waals surface area contributed by atoms with Crippen LogP contribution in [-0.4, -0.2) is 55.7 Å². The highest BCUT2D eigenvalue weighted by Crippen LogP contribution is 2.31.